The molecule has 0 aromatic rings. The lowest BCUT2D eigenvalue weighted by atomic mass is 9.95. The summed E-state index contributed by atoms with van der Waals surface area (Å²) in [6.45, 7) is 7.05. The molecule has 1 fully saturated rings. The molecule has 0 aromatic carbocycles. The molecule has 0 amide bonds. The zero-order valence-corrected chi connectivity index (χ0v) is 8.52. The molecule has 1 saturated carbocycles. The van der Waals surface area contributed by atoms with Crippen LogP contribution in [-0.4, -0.2) is 25.0 Å². The van der Waals surface area contributed by atoms with E-state index in [-0.39, 0.29) is 0 Å². The maximum atomic E-state index is 2.41. The molecule has 1 nitrogen and oxygen atoms in total. The Bertz CT molecular complexity index is 140. The van der Waals surface area contributed by atoms with E-state index in [4.69, 9.17) is 0 Å². The third-order valence-corrected chi connectivity index (χ3v) is 2.80. The molecule has 11 heavy (non-hydrogen) atoms. The number of nitrogens with zero attached hydrogens (tertiary/aromatic N) is 1. The maximum Gasteiger partial charge on any atom is 0.0149 e. The predicted octanol–water partition coefficient (Wildman–Crippen LogP) is 2.37. The van der Waals surface area contributed by atoms with E-state index in [2.05, 4.69) is 39.8 Å². The molecule has 0 spiro atoms. The zero-order valence-electron chi connectivity index (χ0n) is 8.52. The molecule has 0 bridgehead atoms. The van der Waals surface area contributed by atoms with Crippen LogP contribution in [0.15, 0.2) is 0 Å². The molecule has 1 aliphatic rings. The van der Waals surface area contributed by atoms with Gasteiger partial charge in [0.15, 0.2) is 0 Å². The van der Waals surface area contributed by atoms with Crippen LogP contribution in [0.5, 0.6) is 0 Å². The summed E-state index contributed by atoms with van der Waals surface area (Å²) in [4.78, 5) is 2.36. The Morgan fingerprint density at radius 2 is 2.00 bits per heavy atom. The summed E-state index contributed by atoms with van der Waals surface area (Å²) >= 11 is 0. The van der Waals surface area contributed by atoms with Crippen molar-refractivity contribution in [1.29, 1.82) is 0 Å². The summed E-state index contributed by atoms with van der Waals surface area (Å²) in [7, 11) is 4.38. The highest BCUT2D eigenvalue weighted by molar-refractivity contribution is 5.04. The Kier molecular flexibility index (Phi) is 2.29. The number of hydrogen-bond donors (Lipinski definition) is 0. The van der Waals surface area contributed by atoms with Gasteiger partial charge in [-0.2, -0.15) is 0 Å². The molecule has 2 atom stereocenters. The highest BCUT2D eigenvalue weighted by Gasteiger charge is 2.50. The summed E-state index contributed by atoms with van der Waals surface area (Å²) < 4.78 is 0. The lowest BCUT2D eigenvalue weighted by Gasteiger charge is -2.17. The van der Waals surface area contributed by atoms with Crippen LogP contribution in [0.3, 0.4) is 0 Å². The molecule has 66 valence electrons. The van der Waals surface area contributed by atoms with Crippen LogP contribution < -0.4 is 0 Å². The second-order valence-electron chi connectivity index (χ2n) is 4.94. The molecular formula is C10H21N. The van der Waals surface area contributed by atoms with Crippen molar-refractivity contribution in [3.8, 4) is 0 Å². The van der Waals surface area contributed by atoms with Gasteiger partial charge in [0.05, 0.1) is 0 Å². The van der Waals surface area contributed by atoms with E-state index in [1.807, 2.05) is 0 Å². The van der Waals surface area contributed by atoms with E-state index < -0.39 is 0 Å². The predicted molar refractivity (Wildman–Crippen MR) is 49.7 cm³/mol. The van der Waals surface area contributed by atoms with Crippen LogP contribution in [0.4, 0.5) is 0 Å². The second kappa shape index (κ2) is 2.78. The summed E-state index contributed by atoms with van der Waals surface area (Å²) in [5, 5.41) is 0. The fraction of sp³-hybridized carbons (Fsp3) is 1.00. The van der Waals surface area contributed by atoms with E-state index in [1.54, 1.807) is 0 Å². The fourth-order valence-electron chi connectivity index (χ4n) is 2.34. The largest absolute Gasteiger partial charge is 0.306 e. The third-order valence-electron chi connectivity index (χ3n) is 2.80. The van der Waals surface area contributed by atoms with Gasteiger partial charge in [0.2, 0.25) is 0 Å². The molecule has 0 saturated heterocycles. The van der Waals surface area contributed by atoms with Gasteiger partial charge in [0.25, 0.3) is 0 Å². The van der Waals surface area contributed by atoms with Crippen molar-refractivity contribution in [2.24, 2.45) is 11.3 Å². The zero-order chi connectivity index (χ0) is 8.65. The van der Waals surface area contributed by atoms with Gasteiger partial charge in [-0.05, 0) is 38.3 Å². The van der Waals surface area contributed by atoms with E-state index in [0.29, 0.717) is 5.41 Å². The van der Waals surface area contributed by atoms with Crippen LogP contribution in [0, 0.1) is 11.3 Å². The number of hydrogen-bond acceptors (Lipinski definition) is 1. The monoisotopic (exact) mass is 155 g/mol. The molecule has 1 rings (SSSR count). The van der Waals surface area contributed by atoms with Gasteiger partial charge in [-0.1, -0.05) is 20.8 Å². The van der Waals surface area contributed by atoms with Crippen molar-refractivity contribution in [1.82, 2.24) is 4.90 Å². The van der Waals surface area contributed by atoms with E-state index >= 15 is 0 Å². The van der Waals surface area contributed by atoms with E-state index in [0.717, 1.165) is 12.0 Å². The van der Waals surface area contributed by atoms with Crippen molar-refractivity contribution in [2.75, 3.05) is 14.1 Å². The van der Waals surface area contributed by atoms with Gasteiger partial charge in [-0.25, -0.2) is 0 Å². The molecule has 1 unspecified atom stereocenters. The summed E-state index contributed by atoms with van der Waals surface area (Å²) in [6, 6.07) is 0.852. The van der Waals surface area contributed by atoms with Crippen molar-refractivity contribution < 1.29 is 0 Å². The highest BCUT2D eigenvalue weighted by Crippen LogP contribution is 2.52. The van der Waals surface area contributed by atoms with E-state index in [9.17, 15) is 0 Å². The minimum absolute atomic E-state index is 0.637. The second-order valence-corrected chi connectivity index (χ2v) is 4.94. The first-order valence-electron chi connectivity index (χ1n) is 4.62. The normalized spacial score (nSPS) is 36.8. The van der Waals surface area contributed by atoms with Crippen LogP contribution in [0.2, 0.25) is 0 Å². The van der Waals surface area contributed by atoms with Crippen LogP contribution in [0.1, 0.15) is 33.6 Å². The molecule has 1 aliphatic carbocycles. The van der Waals surface area contributed by atoms with Gasteiger partial charge < -0.3 is 4.90 Å². The van der Waals surface area contributed by atoms with Crippen LogP contribution in [-0.2, 0) is 0 Å². The lowest BCUT2D eigenvalue weighted by molar-refractivity contribution is 0.302. The first-order chi connectivity index (χ1) is 4.96. The minimum Gasteiger partial charge on any atom is -0.306 e. The molecule has 0 radical (unpaired) electrons. The smallest absolute Gasteiger partial charge is 0.0149 e. The molecule has 1 heteroatoms. The van der Waals surface area contributed by atoms with Crippen molar-refractivity contribution in [3.63, 3.8) is 0 Å². The van der Waals surface area contributed by atoms with Crippen LogP contribution >= 0.6 is 0 Å². The molecule has 0 heterocycles. The first kappa shape index (κ1) is 9.05. The summed E-state index contributed by atoms with van der Waals surface area (Å²) in [5.41, 5.74) is 0.637. The standard InChI is InChI=1S/C10H21N/c1-8(2)6-10(3)7-9(10)11(4)5/h8-9H,6-7H2,1-5H3/t9?,10-/m0/s1. The van der Waals surface area contributed by atoms with Gasteiger partial charge in [0, 0.05) is 6.04 Å². The van der Waals surface area contributed by atoms with E-state index in [1.165, 1.54) is 12.8 Å². The Balaban J connectivity index is 2.36. The van der Waals surface area contributed by atoms with Crippen molar-refractivity contribution in [2.45, 2.75) is 39.7 Å². The Labute approximate surface area is 70.8 Å². The number of rotatable bonds is 3. The van der Waals surface area contributed by atoms with Gasteiger partial charge >= 0.3 is 0 Å². The molecule has 0 aliphatic heterocycles. The molecular weight excluding hydrogens is 134 g/mol. The average molecular weight is 155 g/mol. The lowest BCUT2D eigenvalue weighted by Crippen LogP contribution is -2.20. The Hall–Kier alpha value is -0.0400. The fourth-order valence-corrected chi connectivity index (χ4v) is 2.34. The first-order valence-corrected chi connectivity index (χ1v) is 4.62. The summed E-state index contributed by atoms with van der Waals surface area (Å²) in [6.07, 6.45) is 2.79. The van der Waals surface area contributed by atoms with Crippen LogP contribution in [0.25, 0.3) is 0 Å². The van der Waals surface area contributed by atoms with Gasteiger partial charge in [-0.15, -0.1) is 0 Å². The SMILES string of the molecule is CC(C)C[C@@]1(C)CC1N(C)C. The van der Waals surface area contributed by atoms with Gasteiger partial charge in [0.1, 0.15) is 0 Å². The minimum atomic E-state index is 0.637. The molecule has 0 N–H and O–H groups in total. The highest BCUT2D eigenvalue weighted by atomic mass is 15.1. The summed E-state index contributed by atoms with van der Waals surface area (Å²) in [5.74, 6) is 0.852. The average Bonchev–Trinajstić information content (AvgIpc) is 2.39. The third kappa shape index (κ3) is 1.96. The van der Waals surface area contributed by atoms with Gasteiger partial charge in [-0.3, -0.25) is 0 Å². The Morgan fingerprint density at radius 1 is 1.45 bits per heavy atom. The maximum absolute atomic E-state index is 2.41. The quantitative estimate of drug-likeness (QED) is 0.605. The molecule has 0 aromatic heterocycles. The topological polar surface area (TPSA) is 3.24 Å². The Morgan fingerprint density at radius 3 is 2.27 bits per heavy atom. The van der Waals surface area contributed by atoms with Crippen molar-refractivity contribution in [3.05, 3.63) is 0 Å². The van der Waals surface area contributed by atoms with Crippen molar-refractivity contribution >= 4 is 0 Å².